The molecule has 3 aromatic rings. The number of anilines is 1. The third kappa shape index (κ3) is 5.01. The highest BCUT2D eigenvalue weighted by Crippen LogP contribution is 2.41. The van der Waals surface area contributed by atoms with Gasteiger partial charge in [-0.05, 0) is 91.5 Å². The zero-order chi connectivity index (χ0) is 21.8. The summed E-state index contributed by atoms with van der Waals surface area (Å²) in [5, 5.41) is 4.39. The summed E-state index contributed by atoms with van der Waals surface area (Å²) in [4.78, 5) is 5.32. The molecule has 1 unspecified atom stereocenters. The van der Waals surface area contributed by atoms with Gasteiger partial charge in [0.2, 0.25) is 0 Å². The molecule has 1 aromatic heterocycles. The molecule has 0 bridgehead atoms. The molecule has 0 amide bonds. The lowest BCUT2D eigenvalue weighted by molar-refractivity contribution is 0.289. The van der Waals surface area contributed by atoms with E-state index in [2.05, 4.69) is 54.1 Å². The van der Waals surface area contributed by atoms with Crippen LogP contribution < -0.4 is 5.32 Å². The van der Waals surface area contributed by atoms with Gasteiger partial charge in [-0.3, -0.25) is 4.98 Å². The Morgan fingerprint density at radius 3 is 2.61 bits per heavy atom. The van der Waals surface area contributed by atoms with Gasteiger partial charge in [0.25, 0.3) is 0 Å². The van der Waals surface area contributed by atoms with E-state index in [0.29, 0.717) is 17.8 Å². The Balaban J connectivity index is 1.37. The number of halogens is 1. The second-order valence-corrected chi connectivity index (χ2v) is 9.08. The number of thiocarbonyl (C=S) groups is 1. The van der Waals surface area contributed by atoms with Gasteiger partial charge >= 0.3 is 0 Å². The number of rotatable bonds is 6. The fourth-order valence-electron chi connectivity index (χ4n) is 4.79. The second-order valence-electron chi connectivity index (χ2n) is 8.64. The van der Waals surface area contributed by atoms with E-state index < -0.39 is 0 Å². The van der Waals surface area contributed by atoms with Gasteiger partial charge < -0.3 is 5.32 Å². The van der Waals surface area contributed by atoms with Crippen LogP contribution in [0, 0.1) is 17.7 Å². The molecule has 0 spiro atoms. The minimum Gasteiger partial charge on any atom is -0.350 e. The number of allylic oxidation sites excluding steroid dienone is 1. The summed E-state index contributed by atoms with van der Waals surface area (Å²) in [7, 11) is 0. The predicted molar refractivity (Wildman–Crippen MR) is 132 cm³/mol. The van der Waals surface area contributed by atoms with Gasteiger partial charge in [0.15, 0.2) is 0 Å². The quantitative estimate of drug-likeness (QED) is 0.323. The number of benzene rings is 2. The van der Waals surface area contributed by atoms with Crippen LogP contribution in [0.25, 0.3) is 10.9 Å². The van der Waals surface area contributed by atoms with Gasteiger partial charge in [-0.2, -0.15) is 0 Å². The molecule has 4 rings (SSSR count). The minimum absolute atomic E-state index is 0.196. The van der Waals surface area contributed by atoms with E-state index in [-0.39, 0.29) is 5.82 Å². The van der Waals surface area contributed by atoms with Crippen LogP contribution in [-0.4, -0.2) is 9.97 Å². The van der Waals surface area contributed by atoms with E-state index in [0.717, 1.165) is 53.7 Å². The van der Waals surface area contributed by atoms with Crippen molar-refractivity contribution >= 4 is 33.8 Å². The van der Waals surface area contributed by atoms with E-state index in [9.17, 15) is 4.39 Å². The summed E-state index contributed by atoms with van der Waals surface area (Å²) in [6.07, 6.45) is 9.10. The van der Waals surface area contributed by atoms with Gasteiger partial charge in [-0.25, -0.2) is 4.39 Å². The molecule has 0 aliphatic heterocycles. The second kappa shape index (κ2) is 9.69. The van der Waals surface area contributed by atoms with Crippen molar-refractivity contribution in [2.75, 3.05) is 5.32 Å². The average Bonchev–Trinajstić information content (AvgIpc) is 2.80. The Morgan fingerprint density at radius 1 is 1.16 bits per heavy atom. The van der Waals surface area contributed by atoms with Crippen LogP contribution in [0.4, 0.5) is 10.1 Å². The molecule has 1 heterocycles. The fraction of sp³-hybridized carbons (Fsp3) is 0.333. The van der Waals surface area contributed by atoms with Crippen molar-refractivity contribution < 1.29 is 4.39 Å². The molecule has 1 aliphatic rings. The lowest BCUT2D eigenvalue weighted by Gasteiger charge is -2.33. The van der Waals surface area contributed by atoms with Crippen molar-refractivity contribution in [1.29, 1.82) is 0 Å². The molecule has 0 radical (unpaired) electrons. The first-order valence-corrected chi connectivity index (χ1v) is 11.5. The zero-order valence-corrected chi connectivity index (χ0v) is 18.8. The van der Waals surface area contributed by atoms with Crippen molar-refractivity contribution in [3.8, 4) is 0 Å². The van der Waals surface area contributed by atoms with Crippen LogP contribution >= 0.6 is 12.2 Å². The molecule has 1 atom stereocenters. The van der Waals surface area contributed by atoms with Crippen LogP contribution in [0.2, 0.25) is 0 Å². The van der Waals surface area contributed by atoms with Crippen molar-refractivity contribution in [2.24, 2.45) is 11.8 Å². The summed E-state index contributed by atoms with van der Waals surface area (Å²) in [5.41, 5.74) is 4.40. The largest absolute Gasteiger partial charge is 0.350 e. The van der Waals surface area contributed by atoms with Crippen LogP contribution in [0.15, 0.2) is 67.4 Å². The van der Waals surface area contributed by atoms with Crippen molar-refractivity contribution in [1.82, 2.24) is 4.98 Å². The zero-order valence-electron chi connectivity index (χ0n) is 18.0. The number of nitrogens with zero attached hydrogens (tertiary/aromatic N) is 1. The number of fused-ring (bicyclic) bond motifs is 1. The van der Waals surface area contributed by atoms with Crippen molar-refractivity contribution in [2.45, 2.75) is 44.9 Å². The van der Waals surface area contributed by atoms with Gasteiger partial charge in [-0.1, -0.05) is 37.4 Å². The molecule has 1 N–H and O–H groups in total. The maximum absolute atomic E-state index is 13.8. The highest BCUT2D eigenvalue weighted by atomic mass is 32.1. The first-order valence-electron chi connectivity index (χ1n) is 11.1. The van der Waals surface area contributed by atoms with Gasteiger partial charge in [0.05, 0.1) is 10.5 Å². The summed E-state index contributed by atoms with van der Waals surface area (Å²) in [6.45, 7) is 6.03. The monoisotopic (exact) mass is 432 g/mol. The molecular weight excluding hydrogens is 403 g/mol. The Morgan fingerprint density at radius 2 is 1.90 bits per heavy atom. The van der Waals surface area contributed by atoms with Gasteiger partial charge in [0, 0.05) is 23.2 Å². The van der Waals surface area contributed by atoms with E-state index in [1.165, 1.54) is 17.2 Å². The Bertz CT molecular complexity index is 1070. The van der Waals surface area contributed by atoms with E-state index in [1.54, 1.807) is 12.1 Å². The topological polar surface area (TPSA) is 24.9 Å². The number of nitrogens with one attached hydrogen (secondary N) is 1. The Labute approximate surface area is 189 Å². The molecule has 0 saturated heterocycles. The van der Waals surface area contributed by atoms with Crippen molar-refractivity contribution in [3.05, 3.63) is 84.3 Å². The van der Waals surface area contributed by atoms with Crippen LogP contribution in [0.3, 0.4) is 0 Å². The van der Waals surface area contributed by atoms with E-state index >= 15 is 0 Å². The maximum atomic E-state index is 13.8. The lowest BCUT2D eigenvalue weighted by Crippen LogP contribution is -2.28. The maximum Gasteiger partial charge on any atom is 0.123 e. The van der Waals surface area contributed by atoms with E-state index in [4.69, 9.17) is 12.2 Å². The van der Waals surface area contributed by atoms with Crippen LogP contribution in [0.5, 0.6) is 0 Å². The molecule has 1 fully saturated rings. The van der Waals surface area contributed by atoms with Crippen LogP contribution in [-0.2, 0) is 6.42 Å². The van der Waals surface area contributed by atoms with Gasteiger partial charge in [-0.15, -0.1) is 6.58 Å². The van der Waals surface area contributed by atoms with Gasteiger partial charge in [0.1, 0.15) is 5.82 Å². The molecule has 4 heteroatoms. The first kappa shape index (κ1) is 21.6. The molecular formula is C27H29FN2S. The third-order valence-electron chi connectivity index (χ3n) is 6.67. The summed E-state index contributed by atoms with van der Waals surface area (Å²) < 4.78 is 13.8. The summed E-state index contributed by atoms with van der Waals surface area (Å²) in [6, 6.07) is 15.4. The predicted octanol–water partition coefficient (Wildman–Crippen LogP) is 7.45. The first-order chi connectivity index (χ1) is 15.0. The molecule has 2 nitrogen and oxygen atoms in total. The average molecular weight is 433 g/mol. The highest BCUT2D eigenvalue weighted by Gasteiger charge is 2.29. The standard InChI is InChI=1S/C27H29FN2S/c1-3-4-19-5-12-23(13-6-19)30-27(31)18(2)20-7-9-21(10-8-20)24-15-16-29-26-14-11-22(28)17-25(24)26/h3,5-6,11-18,20-21H,1,4,7-10H2,2H3,(H,30,31). The fourth-order valence-corrected chi connectivity index (χ4v) is 5.10. The normalized spacial score (nSPS) is 19.7. The van der Waals surface area contributed by atoms with Crippen molar-refractivity contribution in [3.63, 3.8) is 0 Å². The van der Waals surface area contributed by atoms with E-state index in [1.807, 2.05) is 12.3 Å². The minimum atomic E-state index is -0.196. The number of pyridine rings is 1. The lowest BCUT2D eigenvalue weighted by atomic mass is 9.73. The SMILES string of the molecule is C=CCc1ccc(NC(=S)C(C)C2CCC(c3ccnc4ccc(F)cc34)CC2)cc1. The number of aromatic nitrogens is 1. The Kier molecular flexibility index (Phi) is 6.77. The molecule has 160 valence electrons. The summed E-state index contributed by atoms with van der Waals surface area (Å²) in [5.74, 6) is 1.16. The smallest absolute Gasteiger partial charge is 0.123 e. The molecule has 1 saturated carbocycles. The highest BCUT2D eigenvalue weighted by molar-refractivity contribution is 7.80. The molecule has 1 aliphatic carbocycles. The number of hydrogen-bond acceptors (Lipinski definition) is 2. The summed E-state index contributed by atoms with van der Waals surface area (Å²) >= 11 is 5.75. The Hall–Kier alpha value is -2.59. The van der Waals surface area contributed by atoms with Crippen LogP contribution in [0.1, 0.15) is 49.7 Å². The molecule has 31 heavy (non-hydrogen) atoms. The molecule has 2 aromatic carbocycles. The number of hydrogen-bond donors (Lipinski definition) is 1. The third-order valence-corrected chi connectivity index (χ3v) is 7.15.